The van der Waals surface area contributed by atoms with E-state index in [1.54, 1.807) is 12.1 Å². The fraction of sp³-hybridized carbons (Fsp3) is 0.143. The van der Waals surface area contributed by atoms with E-state index in [2.05, 4.69) is 21.2 Å². The minimum atomic E-state index is -0.819. The normalized spacial score (nSPS) is 11.6. The summed E-state index contributed by atoms with van der Waals surface area (Å²) in [4.78, 5) is 24.9. The molecule has 0 aliphatic rings. The molecule has 1 heterocycles. The van der Waals surface area contributed by atoms with Crippen molar-refractivity contribution in [2.45, 2.75) is 19.1 Å². The van der Waals surface area contributed by atoms with Crippen LogP contribution in [0, 0.1) is 0 Å². The molecule has 1 N–H and O–H groups in total. The fourth-order valence-corrected chi connectivity index (χ4v) is 2.78. The number of amides is 1. The SMILES string of the molecule is O=C(NC(Cc1ccccc1)C(=O)OCc1ccc(Br)cc1)c1ccco1. The zero-order valence-corrected chi connectivity index (χ0v) is 16.0. The van der Waals surface area contributed by atoms with Gasteiger partial charge in [-0.3, -0.25) is 4.79 Å². The van der Waals surface area contributed by atoms with Crippen LogP contribution in [-0.4, -0.2) is 17.9 Å². The van der Waals surface area contributed by atoms with Crippen LogP contribution in [-0.2, 0) is 22.6 Å². The Morgan fingerprint density at radius 3 is 2.37 bits per heavy atom. The van der Waals surface area contributed by atoms with Crippen LogP contribution in [0.4, 0.5) is 0 Å². The highest BCUT2D eigenvalue weighted by Crippen LogP contribution is 2.12. The summed E-state index contributed by atoms with van der Waals surface area (Å²) < 4.78 is 11.5. The lowest BCUT2D eigenvalue weighted by Crippen LogP contribution is -2.43. The number of carbonyl (C=O) groups excluding carboxylic acids is 2. The van der Waals surface area contributed by atoms with Crippen LogP contribution >= 0.6 is 15.9 Å². The molecule has 1 unspecified atom stereocenters. The first-order chi connectivity index (χ1) is 13.1. The Labute approximate surface area is 165 Å². The van der Waals surface area contributed by atoms with Crippen LogP contribution < -0.4 is 5.32 Å². The highest BCUT2D eigenvalue weighted by Gasteiger charge is 2.24. The first-order valence-electron chi connectivity index (χ1n) is 8.41. The maximum absolute atomic E-state index is 12.6. The molecule has 0 bridgehead atoms. The number of hydrogen-bond donors (Lipinski definition) is 1. The fourth-order valence-electron chi connectivity index (χ4n) is 2.52. The van der Waals surface area contributed by atoms with Gasteiger partial charge < -0.3 is 14.5 Å². The molecule has 3 rings (SSSR count). The van der Waals surface area contributed by atoms with Crippen molar-refractivity contribution in [3.05, 3.63) is 94.4 Å². The molecule has 0 spiro atoms. The van der Waals surface area contributed by atoms with Crippen LogP contribution in [0.25, 0.3) is 0 Å². The molecule has 0 fully saturated rings. The van der Waals surface area contributed by atoms with Gasteiger partial charge in [-0.15, -0.1) is 0 Å². The van der Waals surface area contributed by atoms with E-state index in [-0.39, 0.29) is 12.4 Å². The molecule has 0 radical (unpaired) electrons. The van der Waals surface area contributed by atoms with Crippen molar-refractivity contribution in [3.8, 4) is 0 Å². The van der Waals surface area contributed by atoms with E-state index < -0.39 is 17.9 Å². The number of esters is 1. The second kappa shape index (κ2) is 9.19. The van der Waals surface area contributed by atoms with Crippen molar-refractivity contribution >= 4 is 27.8 Å². The van der Waals surface area contributed by atoms with Gasteiger partial charge >= 0.3 is 5.97 Å². The van der Waals surface area contributed by atoms with Gasteiger partial charge in [0.25, 0.3) is 5.91 Å². The zero-order chi connectivity index (χ0) is 19.1. The molecule has 3 aromatic rings. The second-order valence-corrected chi connectivity index (χ2v) is 6.84. The number of halogens is 1. The molecule has 5 nitrogen and oxygen atoms in total. The maximum Gasteiger partial charge on any atom is 0.329 e. The number of hydrogen-bond acceptors (Lipinski definition) is 4. The van der Waals surface area contributed by atoms with Gasteiger partial charge in [0, 0.05) is 10.9 Å². The van der Waals surface area contributed by atoms with Crippen molar-refractivity contribution in [1.82, 2.24) is 5.32 Å². The summed E-state index contributed by atoms with van der Waals surface area (Å²) in [5.74, 6) is -0.808. The summed E-state index contributed by atoms with van der Waals surface area (Å²) in [6, 6.07) is 19.3. The van der Waals surface area contributed by atoms with Gasteiger partial charge in [0.15, 0.2) is 5.76 Å². The Bertz CT molecular complexity index is 876. The highest BCUT2D eigenvalue weighted by atomic mass is 79.9. The van der Waals surface area contributed by atoms with Gasteiger partial charge in [-0.1, -0.05) is 58.4 Å². The van der Waals surface area contributed by atoms with Gasteiger partial charge in [0.2, 0.25) is 0 Å². The van der Waals surface area contributed by atoms with Gasteiger partial charge in [0.05, 0.1) is 6.26 Å². The summed E-state index contributed by atoms with van der Waals surface area (Å²) in [6.07, 6.45) is 1.74. The highest BCUT2D eigenvalue weighted by molar-refractivity contribution is 9.10. The molecule has 1 amide bonds. The van der Waals surface area contributed by atoms with E-state index in [0.717, 1.165) is 15.6 Å². The number of ether oxygens (including phenoxy) is 1. The maximum atomic E-state index is 12.6. The van der Waals surface area contributed by atoms with E-state index in [0.29, 0.717) is 6.42 Å². The topological polar surface area (TPSA) is 68.5 Å². The van der Waals surface area contributed by atoms with Gasteiger partial charge in [-0.2, -0.15) is 0 Å². The van der Waals surface area contributed by atoms with E-state index in [9.17, 15) is 9.59 Å². The first-order valence-corrected chi connectivity index (χ1v) is 9.20. The van der Waals surface area contributed by atoms with Crippen molar-refractivity contribution in [3.63, 3.8) is 0 Å². The number of furan rings is 1. The lowest BCUT2D eigenvalue weighted by molar-refractivity contribution is -0.147. The van der Waals surface area contributed by atoms with Gasteiger partial charge in [0.1, 0.15) is 12.6 Å². The van der Waals surface area contributed by atoms with Crippen molar-refractivity contribution in [2.75, 3.05) is 0 Å². The predicted molar refractivity (Wildman–Crippen MR) is 104 cm³/mol. The molecule has 1 aromatic heterocycles. The molecular weight excluding hydrogens is 410 g/mol. The third-order valence-corrected chi connectivity index (χ3v) is 4.44. The Morgan fingerprint density at radius 2 is 1.70 bits per heavy atom. The Kier molecular flexibility index (Phi) is 6.44. The third kappa shape index (κ3) is 5.56. The van der Waals surface area contributed by atoms with Crippen LogP contribution in [0.3, 0.4) is 0 Å². The summed E-state index contributed by atoms with van der Waals surface area (Å²) in [7, 11) is 0. The van der Waals surface area contributed by atoms with Crippen LogP contribution in [0.5, 0.6) is 0 Å². The molecule has 138 valence electrons. The van der Waals surface area contributed by atoms with Crippen LogP contribution in [0.1, 0.15) is 21.7 Å². The van der Waals surface area contributed by atoms with E-state index in [1.165, 1.54) is 6.26 Å². The number of nitrogens with one attached hydrogen (secondary N) is 1. The van der Waals surface area contributed by atoms with Crippen LogP contribution in [0.2, 0.25) is 0 Å². The van der Waals surface area contributed by atoms with Gasteiger partial charge in [-0.25, -0.2) is 4.79 Å². The molecule has 0 aliphatic carbocycles. The quantitative estimate of drug-likeness (QED) is 0.575. The average Bonchev–Trinajstić information content (AvgIpc) is 3.22. The van der Waals surface area contributed by atoms with Crippen molar-refractivity contribution < 1.29 is 18.7 Å². The van der Waals surface area contributed by atoms with Crippen LogP contribution in [0.15, 0.2) is 81.9 Å². The second-order valence-electron chi connectivity index (χ2n) is 5.93. The molecular formula is C21H18BrNO4. The molecule has 0 saturated carbocycles. The minimum absolute atomic E-state index is 0.133. The van der Waals surface area contributed by atoms with Crippen molar-refractivity contribution in [2.24, 2.45) is 0 Å². The predicted octanol–water partition coefficient (Wildman–Crippen LogP) is 4.13. The lowest BCUT2D eigenvalue weighted by atomic mass is 10.1. The summed E-state index contributed by atoms with van der Waals surface area (Å²) in [6.45, 7) is 0.133. The van der Waals surface area contributed by atoms with Gasteiger partial charge in [-0.05, 0) is 35.4 Å². The van der Waals surface area contributed by atoms with E-state index in [1.807, 2.05) is 54.6 Å². The number of benzene rings is 2. The minimum Gasteiger partial charge on any atom is -0.459 e. The summed E-state index contributed by atoms with van der Waals surface area (Å²) in [5.41, 5.74) is 1.78. The standard InChI is InChI=1S/C21H18BrNO4/c22-17-10-8-16(9-11-17)14-27-21(25)18(13-15-5-2-1-3-6-15)23-20(24)19-7-4-12-26-19/h1-12,18H,13-14H2,(H,23,24). The average molecular weight is 428 g/mol. The monoisotopic (exact) mass is 427 g/mol. The molecule has 0 aliphatic heterocycles. The first kappa shape index (κ1) is 18.9. The number of carbonyl (C=O) groups is 2. The largest absolute Gasteiger partial charge is 0.459 e. The lowest BCUT2D eigenvalue weighted by Gasteiger charge is -2.17. The third-order valence-electron chi connectivity index (χ3n) is 3.91. The molecule has 27 heavy (non-hydrogen) atoms. The Balaban J connectivity index is 1.68. The number of rotatable bonds is 7. The summed E-state index contributed by atoms with van der Waals surface area (Å²) >= 11 is 3.37. The molecule has 0 saturated heterocycles. The van der Waals surface area contributed by atoms with E-state index in [4.69, 9.17) is 9.15 Å². The van der Waals surface area contributed by atoms with E-state index >= 15 is 0 Å². The molecule has 1 atom stereocenters. The summed E-state index contributed by atoms with van der Waals surface area (Å²) in [5, 5.41) is 2.70. The Hall–Kier alpha value is -2.86. The Morgan fingerprint density at radius 1 is 0.963 bits per heavy atom. The molecule has 2 aromatic carbocycles. The molecule has 6 heteroatoms. The zero-order valence-electron chi connectivity index (χ0n) is 14.4. The van der Waals surface area contributed by atoms with Crippen molar-refractivity contribution in [1.29, 1.82) is 0 Å². The smallest absolute Gasteiger partial charge is 0.329 e.